The van der Waals surface area contributed by atoms with Gasteiger partial charge in [-0.3, -0.25) is 4.79 Å². The molecule has 1 rings (SSSR count). The zero-order chi connectivity index (χ0) is 14.6. The van der Waals surface area contributed by atoms with Crippen molar-refractivity contribution in [1.29, 1.82) is 0 Å². The van der Waals surface area contributed by atoms with E-state index in [9.17, 15) is 18.0 Å². The Bertz CT molecular complexity index is 580. The number of nitrogen functional groups attached to an aromatic ring is 1. The Kier molecular flexibility index (Phi) is 4.43. The van der Waals surface area contributed by atoms with Gasteiger partial charge >= 0.3 is 5.97 Å². The van der Waals surface area contributed by atoms with Crippen molar-refractivity contribution in [1.82, 2.24) is 15.6 Å². The van der Waals surface area contributed by atoms with E-state index in [-0.39, 0.29) is 23.7 Å². The van der Waals surface area contributed by atoms with Crippen molar-refractivity contribution in [3.8, 4) is 0 Å². The largest absolute Gasteiger partial charge is 0.480 e. The molecule has 4 N–H and O–H groups in total. The van der Waals surface area contributed by atoms with Gasteiger partial charge in [0.05, 0.1) is 5.75 Å². The Labute approximate surface area is 107 Å². The minimum Gasteiger partial charge on any atom is -0.480 e. The van der Waals surface area contributed by atoms with E-state index >= 15 is 0 Å². The number of aromatic nitrogens is 2. The van der Waals surface area contributed by atoms with Gasteiger partial charge in [-0.05, 0) is 16.7 Å². The molecule has 1 aromatic rings. The van der Waals surface area contributed by atoms with Crippen molar-refractivity contribution in [2.24, 2.45) is 0 Å². The number of aliphatic carboxylic acids is 1. The Morgan fingerprint density at radius 2 is 2.11 bits per heavy atom. The zero-order valence-electron chi connectivity index (χ0n) is 9.86. The van der Waals surface area contributed by atoms with Gasteiger partial charge in [-0.25, -0.2) is 17.8 Å². The van der Waals surface area contributed by atoms with Crippen LogP contribution in [-0.2, 0) is 14.6 Å². The molecule has 0 bridgehead atoms. The molecule has 0 saturated heterocycles. The Morgan fingerprint density at radius 1 is 1.47 bits per heavy atom. The second-order valence-electron chi connectivity index (χ2n) is 3.78. The maximum Gasteiger partial charge on any atom is 0.326 e. The fraction of sp³-hybridized carbons (Fsp3) is 0.500. The Morgan fingerprint density at radius 3 is 2.53 bits per heavy atom. The third-order valence-corrected chi connectivity index (χ3v) is 3.09. The molecule has 1 aromatic heterocycles. The van der Waals surface area contributed by atoms with Crippen LogP contribution in [0, 0.1) is 0 Å². The van der Waals surface area contributed by atoms with Crippen LogP contribution >= 0.6 is 0 Å². The van der Waals surface area contributed by atoms with E-state index in [0.29, 0.717) is 0 Å². The number of hydrogen-bond donors (Lipinski definition) is 3. The van der Waals surface area contributed by atoms with E-state index in [4.69, 9.17) is 10.8 Å². The van der Waals surface area contributed by atoms with Gasteiger partial charge < -0.3 is 16.2 Å². The minimum absolute atomic E-state index is 0.273. The Hall–Kier alpha value is -2.17. The lowest BCUT2D eigenvalue weighted by molar-refractivity contribution is -0.139. The van der Waals surface area contributed by atoms with Crippen LogP contribution in [0.5, 0.6) is 0 Å². The summed E-state index contributed by atoms with van der Waals surface area (Å²) in [6.45, 7) is 0. The summed E-state index contributed by atoms with van der Waals surface area (Å²) < 4.78 is 26.1. The molecular formula is C8H12N4O6S. The molecule has 0 spiro atoms. The van der Waals surface area contributed by atoms with Crippen molar-refractivity contribution in [2.45, 2.75) is 12.5 Å². The van der Waals surface area contributed by atoms with Gasteiger partial charge in [0.25, 0.3) is 5.91 Å². The summed E-state index contributed by atoms with van der Waals surface area (Å²) in [5.74, 6) is -2.94. The highest BCUT2D eigenvalue weighted by atomic mass is 32.2. The molecule has 11 heteroatoms. The highest BCUT2D eigenvalue weighted by Gasteiger charge is 2.25. The highest BCUT2D eigenvalue weighted by Crippen LogP contribution is 2.05. The number of sulfone groups is 1. The van der Waals surface area contributed by atoms with Crippen LogP contribution in [0.2, 0.25) is 0 Å². The van der Waals surface area contributed by atoms with Gasteiger partial charge in [-0.15, -0.1) is 0 Å². The lowest BCUT2D eigenvalue weighted by atomic mass is 10.2. The van der Waals surface area contributed by atoms with Crippen LogP contribution in [0.15, 0.2) is 4.63 Å². The van der Waals surface area contributed by atoms with Crippen LogP contribution in [0.1, 0.15) is 16.9 Å². The number of nitrogens with two attached hydrogens (primary N) is 1. The number of hydrogen-bond acceptors (Lipinski definition) is 8. The second-order valence-corrected chi connectivity index (χ2v) is 6.04. The molecule has 0 fully saturated rings. The first kappa shape index (κ1) is 14.9. The molecule has 0 aliphatic carbocycles. The monoisotopic (exact) mass is 292 g/mol. The highest BCUT2D eigenvalue weighted by molar-refractivity contribution is 7.90. The normalized spacial score (nSPS) is 12.9. The molecule has 10 nitrogen and oxygen atoms in total. The summed E-state index contributed by atoms with van der Waals surface area (Å²) in [6.07, 6.45) is 0.693. The van der Waals surface area contributed by atoms with E-state index in [1.165, 1.54) is 0 Å². The molecule has 1 amide bonds. The molecule has 0 aromatic carbocycles. The van der Waals surface area contributed by atoms with Crippen molar-refractivity contribution in [3.05, 3.63) is 5.69 Å². The van der Waals surface area contributed by atoms with Crippen LogP contribution in [0.3, 0.4) is 0 Å². The fourth-order valence-corrected chi connectivity index (χ4v) is 1.83. The van der Waals surface area contributed by atoms with Crippen molar-refractivity contribution >= 4 is 27.5 Å². The number of carboxylic acids is 1. The summed E-state index contributed by atoms with van der Waals surface area (Å²) >= 11 is 0. The first-order valence-corrected chi connectivity index (χ1v) is 7.06. The zero-order valence-corrected chi connectivity index (χ0v) is 10.7. The number of carboxylic acid groups (broad SMARTS) is 1. The number of nitrogens with zero attached hydrogens (tertiary/aromatic N) is 2. The second kappa shape index (κ2) is 5.65. The molecular weight excluding hydrogens is 280 g/mol. The van der Waals surface area contributed by atoms with E-state index < -0.39 is 27.8 Å². The van der Waals surface area contributed by atoms with Crippen LogP contribution in [-0.4, -0.2) is 53.8 Å². The van der Waals surface area contributed by atoms with Crippen molar-refractivity contribution < 1.29 is 27.7 Å². The van der Waals surface area contributed by atoms with Crippen LogP contribution < -0.4 is 11.1 Å². The maximum absolute atomic E-state index is 11.6. The van der Waals surface area contributed by atoms with Crippen molar-refractivity contribution in [3.63, 3.8) is 0 Å². The predicted molar refractivity (Wildman–Crippen MR) is 61.9 cm³/mol. The number of rotatable bonds is 6. The van der Waals surface area contributed by atoms with Gasteiger partial charge in [-0.2, -0.15) is 0 Å². The fourth-order valence-electron chi connectivity index (χ4n) is 1.17. The van der Waals surface area contributed by atoms with Crippen LogP contribution in [0.25, 0.3) is 0 Å². The van der Waals surface area contributed by atoms with Gasteiger partial charge in [0.1, 0.15) is 15.9 Å². The first-order chi connectivity index (χ1) is 8.70. The maximum atomic E-state index is 11.6. The molecule has 19 heavy (non-hydrogen) atoms. The number of carbonyl (C=O) groups excluding carboxylic acids is 1. The van der Waals surface area contributed by atoms with E-state index in [1.54, 1.807) is 0 Å². The molecule has 0 saturated carbocycles. The molecule has 1 heterocycles. The molecule has 0 aliphatic rings. The summed E-state index contributed by atoms with van der Waals surface area (Å²) in [4.78, 5) is 22.5. The van der Waals surface area contributed by atoms with E-state index in [2.05, 4.69) is 20.3 Å². The summed E-state index contributed by atoms with van der Waals surface area (Å²) in [7, 11) is -3.34. The van der Waals surface area contributed by atoms with Crippen LogP contribution in [0.4, 0.5) is 5.82 Å². The van der Waals surface area contributed by atoms with Gasteiger partial charge in [0.15, 0.2) is 0 Å². The van der Waals surface area contributed by atoms with E-state index in [0.717, 1.165) is 6.26 Å². The average molecular weight is 292 g/mol. The predicted octanol–water partition coefficient (Wildman–Crippen LogP) is -1.73. The third kappa shape index (κ3) is 4.54. The number of anilines is 1. The van der Waals surface area contributed by atoms with E-state index in [1.807, 2.05) is 0 Å². The third-order valence-electron chi connectivity index (χ3n) is 2.11. The Balaban J connectivity index is 2.72. The average Bonchev–Trinajstić information content (AvgIpc) is 2.68. The molecule has 0 aliphatic heterocycles. The summed E-state index contributed by atoms with van der Waals surface area (Å²) in [6, 6.07) is -1.38. The van der Waals surface area contributed by atoms with Gasteiger partial charge in [-0.1, -0.05) is 0 Å². The first-order valence-electron chi connectivity index (χ1n) is 5.00. The number of nitrogens with one attached hydrogen (secondary N) is 1. The topological polar surface area (TPSA) is 165 Å². The quantitative estimate of drug-likeness (QED) is 0.552. The van der Waals surface area contributed by atoms with Gasteiger partial charge in [0, 0.05) is 6.26 Å². The minimum atomic E-state index is -3.34. The molecule has 1 atom stereocenters. The molecule has 1 unspecified atom stereocenters. The summed E-state index contributed by atoms with van der Waals surface area (Å²) in [5.41, 5.74) is 4.91. The number of amides is 1. The lowest BCUT2D eigenvalue weighted by Crippen LogP contribution is -2.42. The number of carbonyl (C=O) groups is 2. The standard InChI is InChI=1S/C8H12N4O6S/c1-19(16,17)3-2-4(8(14)15)10-7(13)5-6(9)12-18-11-5/h4H,2-3H2,1H3,(H2,9,12)(H,10,13)(H,14,15). The van der Waals surface area contributed by atoms with Gasteiger partial charge in [0.2, 0.25) is 11.5 Å². The molecule has 0 radical (unpaired) electrons. The SMILES string of the molecule is CS(=O)(=O)CCC(NC(=O)c1nonc1N)C(=O)O. The lowest BCUT2D eigenvalue weighted by Gasteiger charge is -2.12. The molecule has 106 valence electrons. The summed E-state index contributed by atoms with van der Waals surface area (Å²) in [5, 5.41) is 17.3. The smallest absolute Gasteiger partial charge is 0.326 e. The van der Waals surface area contributed by atoms with Crippen molar-refractivity contribution in [2.75, 3.05) is 17.7 Å².